The van der Waals surface area contributed by atoms with Crippen LogP contribution < -0.4 is 4.90 Å². The number of para-hydroxylation sites is 1. The lowest BCUT2D eigenvalue weighted by molar-refractivity contribution is -0.113. The Bertz CT molecular complexity index is 704. The number of carbonyl (C=O) groups excluding carboxylic acids is 1. The van der Waals surface area contributed by atoms with Gasteiger partial charge in [-0.3, -0.25) is 9.69 Å². The second-order valence-corrected chi connectivity index (χ2v) is 6.10. The quantitative estimate of drug-likeness (QED) is 0.678. The van der Waals surface area contributed by atoms with E-state index in [9.17, 15) is 4.79 Å². The van der Waals surface area contributed by atoms with Gasteiger partial charge in [0, 0.05) is 11.9 Å². The molecule has 0 atom stereocenters. The van der Waals surface area contributed by atoms with E-state index in [0.29, 0.717) is 9.23 Å². The van der Waals surface area contributed by atoms with Crippen molar-refractivity contribution in [3.63, 3.8) is 0 Å². The molecule has 1 N–H and O–H groups in total. The molecule has 0 saturated carbocycles. The van der Waals surface area contributed by atoms with Gasteiger partial charge in [-0.05, 0) is 36.8 Å². The number of hydrogen-bond acceptors (Lipinski definition) is 3. The number of aryl methyl sites for hydroxylation is 1. The Balaban J connectivity index is 1.98. The van der Waals surface area contributed by atoms with E-state index in [2.05, 4.69) is 4.98 Å². The van der Waals surface area contributed by atoms with Gasteiger partial charge in [-0.2, -0.15) is 0 Å². The summed E-state index contributed by atoms with van der Waals surface area (Å²) in [5, 5.41) is 0. The Morgan fingerprint density at radius 3 is 2.75 bits per heavy atom. The third kappa shape index (κ3) is 2.30. The summed E-state index contributed by atoms with van der Waals surface area (Å²) in [5.74, 6) is -0.0658. The van der Waals surface area contributed by atoms with Crippen LogP contribution in [0.15, 0.2) is 47.5 Å². The van der Waals surface area contributed by atoms with Crippen LogP contribution in [0.3, 0.4) is 0 Å². The van der Waals surface area contributed by atoms with E-state index >= 15 is 0 Å². The van der Waals surface area contributed by atoms with Crippen molar-refractivity contribution in [2.75, 3.05) is 4.90 Å². The minimum absolute atomic E-state index is 0.0658. The average molecular weight is 300 g/mol. The zero-order valence-electron chi connectivity index (χ0n) is 10.8. The van der Waals surface area contributed by atoms with Crippen molar-refractivity contribution in [2.45, 2.75) is 6.92 Å². The fraction of sp³-hybridized carbons (Fsp3) is 0.0667. The van der Waals surface area contributed by atoms with E-state index in [-0.39, 0.29) is 5.91 Å². The Labute approximate surface area is 126 Å². The van der Waals surface area contributed by atoms with Gasteiger partial charge in [0.2, 0.25) is 0 Å². The normalized spacial score (nSPS) is 17.2. The number of thiocarbonyl (C=S) groups is 1. The predicted octanol–water partition coefficient (Wildman–Crippen LogP) is 3.73. The standard InChI is InChI=1S/C15H12N2OS2/c1-10-5-2-3-7-12(10)17-14(18)13(20-15(17)19)9-11-6-4-8-16-11/h2-9,16H,1H3/b13-9+. The summed E-state index contributed by atoms with van der Waals surface area (Å²) in [6, 6.07) is 11.6. The first-order chi connectivity index (χ1) is 9.66. The fourth-order valence-electron chi connectivity index (χ4n) is 2.06. The van der Waals surface area contributed by atoms with Gasteiger partial charge in [-0.25, -0.2) is 0 Å². The highest BCUT2D eigenvalue weighted by atomic mass is 32.2. The molecule has 0 unspecified atom stereocenters. The lowest BCUT2D eigenvalue weighted by Gasteiger charge is -2.16. The number of H-pyrrole nitrogens is 1. The van der Waals surface area contributed by atoms with Gasteiger partial charge in [0.1, 0.15) is 0 Å². The molecule has 20 heavy (non-hydrogen) atoms. The van der Waals surface area contributed by atoms with Crippen LogP contribution in [0.2, 0.25) is 0 Å². The Morgan fingerprint density at radius 2 is 2.05 bits per heavy atom. The maximum atomic E-state index is 12.5. The van der Waals surface area contributed by atoms with Crippen LogP contribution in [0.25, 0.3) is 6.08 Å². The monoisotopic (exact) mass is 300 g/mol. The van der Waals surface area contributed by atoms with Crippen molar-refractivity contribution < 1.29 is 4.79 Å². The van der Waals surface area contributed by atoms with Gasteiger partial charge in [0.15, 0.2) is 4.32 Å². The predicted molar refractivity (Wildman–Crippen MR) is 87.6 cm³/mol. The molecule has 0 aliphatic carbocycles. The summed E-state index contributed by atoms with van der Waals surface area (Å²) < 4.78 is 0.571. The van der Waals surface area contributed by atoms with Crippen molar-refractivity contribution in [3.05, 3.63) is 58.8 Å². The number of aromatic nitrogens is 1. The number of amides is 1. The van der Waals surface area contributed by atoms with E-state index in [1.807, 2.05) is 55.6 Å². The van der Waals surface area contributed by atoms with Gasteiger partial charge >= 0.3 is 0 Å². The van der Waals surface area contributed by atoms with Crippen LogP contribution in [0.4, 0.5) is 5.69 Å². The number of rotatable bonds is 2. The second-order valence-electron chi connectivity index (χ2n) is 4.43. The van der Waals surface area contributed by atoms with Gasteiger partial charge < -0.3 is 4.98 Å². The molecular formula is C15H12N2OS2. The Kier molecular flexibility index (Phi) is 3.46. The summed E-state index contributed by atoms with van der Waals surface area (Å²) in [5.41, 5.74) is 2.78. The number of nitrogens with one attached hydrogen (secondary N) is 1. The number of hydrogen-bond donors (Lipinski definition) is 1. The molecule has 2 aromatic rings. The summed E-state index contributed by atoms with van der Waals surface area (Å²) in [4.78, 5) is 17.8. The lowest BCUT2D eigenvalue weighted by Crippen LogP contribution is -2.28. The number of aromatic amines is 1. The molecule has 3 nitrogen and oxygen atoms in total. The summed E-state index contributed by atoms with van der Waals surface area (Å²) in [7, 11) is 0. The second kappa shape index (κ2) is 5.26. The van der Waals surface area contributed by atoms with Crippen LogP contribution in [0.1, 0.15) is 11.3 Å². The van der Waals surface area contributed by atoms with Gasteiger partial charge in [0.05, 0.1) is 10.6 Å². The molecule has 2 heterocycles. The van der Waals surface area contributed by atoms with Crippen molar-refractivity contribution >= 4 is 46.0 Å². The largest absolute Gasteiger partial charge is 0.362 e. The Hall–Kier alpha value is -1.85. The van der Waals surface area contributed by atoms with Crippen molar-refractivity contribution in [2.24, 2.45) is 0 Å². The molecule has 1 aromatic carbocycles. The highest BCUT2D eigenvalue weighted by molar-refractivity contribution is 8.27. The van der Waals surface area contributed by atoms with Crippen LogP contribution in [0, 0.1) is 6.92 Å². The first-order valence-electron chi connectivity index (χ1n) is 6.14. The van der Waals surface area contributed by atoms with Gasteiger partial charge in [-0.15, -0.1) is 0 Å². The van der Waals surface area contributed by atoms with Crippen LogP contribution in [-0.2, 0) is 4.79 Å². The molecular weight excluding hydrogens is 288 g/mol. The number of thioether (sulfide) groups is 1. The molecule has 100 valence electrons. The van der Waals surface area contributed by atoms with E-state index < -0.39 is 0 Å². The first-order valence-corrected chi connectivity index (χ1v) is 7.36. The summed E-state index contributed by atoms with van der Waals surface area (Å²) in [6.07, 6.45) is 3.66. The number of carbonyl (C=O) groups is 1. The van der Waals surface area contributed by atoms with Crippen LogP contribution >= 0.6 is 24.0 Å². The summed E-state index contributed by atoms with van der Waals surface area (Å²) >= 11 is 6.68. The van der Waals surface area contributed by atoms with Crippen LogP contribution in [0.5, 0.6) is 0 Å². The van der Waals surface area contributed by atoms with Crippen molar-refractivity contribution in [1.82, 2.24) is 4.98 Å². The summed E-state index contributed by atoms with van der Waals surface area (Å²) in [6.45, 7) is 1.97. The molecule has 1 aromatic heterocycles. The molecule has 0 radical (unpaired) electrons. The molecule has 1 saturated heterocycles. The maximum Gasteiger partial charge on any atom is 0.270 e. The molecule has 1 fully saturated rings. The zero-order valence-corrected chi connectivity index (χ0v) is 12.4. The minimum atomic E-state index is -0.0658. The van der Waals surface area contributed by atoms with Crippen molar-refractivity contribution in [3.8, 4) is 0 Å². The zero-order chi connectivity index (χ0) is 14.1. The van der Waals surface area contributed by atoms with E-state index in [1.165, 1.54) is 11.8 Å². The number of anilines is 1. The molecule has 3 rings (SSSR count). The molecule has 0 spiro atoms. The third-order valence-electron chi connectivity index (χ3n) is 3.06. The molecule has 1 aliphatic rings. The van der Waals surface area contributed by atoms with Crippen molar-refractivity contribution in [1.29, 1.82) is 0 Å². The molecule has 1 amide bonds. The van der Waals surface area contributed by atoms with E-state index in [1.54, 1.807) is 4.90 Å². The minimum Gasteiger partial charge on any atom is -0.362 e. The third-order valence-corrected chi connectivity index (χ3v) is 4.36. The van der Waals surface area contributed by atoms with Crippen LogP contribution in [-0.4, -0.2) is 15.2 Å². The SMILES string of the molecule is Cc1ccccc1N1C(=O)/C(=C\c2ccc[nH]2)SC1=S. The highest BCUT2D eigenvalue weighted by Gasteiger charge is 2.33. The lowest BCUT2D eigenvalue weighted by atomic mass is 10.2. The van der Waals surface area contributed by atoms with Gasteiger partial charge in [-0.1, -0.05) is 42.2 Å². The topological polar surface area (TPSA) is 36.1 Å². The molecule has 5 heteroatoms. The maximum absolute atomic E-state index is 12.5. The number of nitrogens with zero attached hydrogens (tertiary/aromatic N) is 1. The van der Waals surface area contributed by atoms with E-state index in [0.717, 1.165) is 16.9 Å². The molecule has 0 bridgehead atoms. The molecule has 1 aliphatic heterocycles. The fourth-order valence-corrected chi connectivity index (χ4v) is 3.34. The van der Waals surface area contributed by atoms with Gasteiger partial charge in [0.25, 0.3) is 5.91 Å². The van der Waals surface area contributed by atoms with E-state index in [4.69, 9.17) is 12.2 Å². The highest BCUT2D eigenvalue weighted by Crippen LogP contribution is 2.36. The Morgan fingerprint density at radius 1 is 1.25 bits per heavy atom. The average Bonchev–Trinajstić information content (AvgIpc) is 3.01. The number of benzene rings is 1. The first kappa shape index (κ1) is 13.1. The smallest absolute Gasteiger partial charge is 0.270 e.